The van der Waals surface area contributed by atoms with Gasteiger partial charge in [0.05, 0.1) is 37.7 Å². The number of unbranched alkanes of at least 4 members (excludes halogenated alkanes) is 7. The van der Waals surface area contributed by atoms with Gasteiger partial charge in [-0.15, -0.1) is 0 Å². The monoisotopic (exact) mass is 465 g/mol. The van der Waals surface area contributed by atoms with Crippen molar-refractivity contribution in [2.75, 3.05) is 19.8 Å². The van der Waals surface area contributed by atoms with E-state index in [9.17, 15) is 9.59 Å². The first-order chi connectivity index (χ1) is 16.0. The van der Waals surface area contributed by atoms with E-state index in [4.69, 9.17) is 19.5 Å². The Morgan fingerprint density at radius 1 is 0.818 bits per heavy atom. The van der Waals surface area contributed by atoms with E-state index < -0.39 is 11.2 Å². The molecule has 0 N–H and O–H groups in total. The molecular formula is C27H47NO5. The predicted molar refractivity (Wildman–Crippen MR) is 130 cm³/mol. The molecule has 0 radical (unpaired) electrons. The molecule has 1 saturated heterocycles. The third-order valence-corrected chi connectivity index (χ3v) is 6.78. The molecule has 0 aromatic rings. The SMILES string of the molecule is CCCCCCCCC(=O)CCCCC.CCOC(=O)C1(CC#N)CCC2(CC1)OCCO2. The van der Waals surface area contributed by atoms with E-state index in [1.807, 2.05) is 0 Å². The number of carbonyl (C=O) groups excluding carboxylic acids is 2. The van der Waals surface area contributed by atoms with Crippen molar-refractivity contribution in [1.29, 1.82) is 5.26 Å². The van der Waals surface area contributed by atoms with Gasteiger partial charge < -0.3 is 14.2 Å². The second-order valence-electron chi connectivity index (χ2n) is 9.46. The van der Waals surface area contributed by atoms with Gasteiger partial charge in [-0.1, -0.05) is 58.8 Å². The molecule has 1 heterocycles. The maximum atomic E-state index is 12.1. The summed E-state index contributed by atoms with van der Waals surface area (Å²) < 4.78 is 16.4. The number of rotatable bonds is 14. The quantitative estimate of drug-likeness (QED) is 0.211. The van der Waals surface area contributed by atoms with Crippen LogP contribution in [0.4, 0.5) is 0 Å². The first-order valence-electron chi connectivity index (χ1n) is 13.3. The van der Waals surface area contributed by atoms with Crippen molar-refractivity contribution in [1.82, 2.24) is 0 Å². The van der Waals surface area contributed by atoms with Crippen LogP contribution < -0.4 is 0 Å². The van der Waals surface area contributed by atoms with Crippen LogP contribution in [-0.4, -0.2) is 37.4 Å². The number of nitriles is 1. The Morgan fingerprint density at radius 2 is 1.33 bits per heavy atom. The maximum Gasteiger partial charge on any atom is 0.313 e. The fourth-order valence-electron chi connectivity index (χ4n) is 4.58. The van der Waals surface area contributed by atoms with Crippen molar-refractivity contribution < 1.29 is 23.8 Å². The Hall–Kier alpha value is -1.45. The number of nitrogens with zero attached hydrogens (tertiary/aromatic N) is 1. The van der Waals surface area contributed by atoms with Gasteiger partial charge in [-0.3, -0.25) is 9.59 Å². The topological polar surface area (TPSA) is 85.6 Å². The molecule has 6 heteroatoms. The molecule has 1 aliphatic heterocycles. The zero-order valence-electron chi connectivity index (χ0n) is 21.4. The van der Waals surface area contributed by atoms with Gasteiger partial charge in [0.25, 0.3) is 0 Å². The molecule has 0 aromatic heterocycles. The van der Waals surface area contributed by atoms with Crippen LogP contribution in [0.5, 0.6) is 0 Å². The molecule has 2 rings (SSSR count). The van der Waals surface area contributed by atoms with Gasteiger partial charge in [0.1, 0.15) is 5.78 Å². The lowest BCUT2D eigenvalue weighted by Crippen LogP contribution is -2.44. The highest BCUT2D eigenvalue weighted by Gasteiger charge is 2.50. The summed E-state index contributed by atoms with van der Waals surface area (Å²) in [6.07, 6.45) is 15.6. The predicted octanol–water partition coefficient (Wildman–Crippen LogP) is 6.65. The normalized spacial score (nSPS) is 18.2. The summed E-state index contributed by atoms with van der Waals surface area (Å²) in [7, 11) is 0. The fraction of sp³-hybridized carbons (Fsp3) is 0.889. The summed E-state index contributed by atoms with van der Waals surface area (Å²) in [6.45, 7) is 7.78. The average Bonchev–Trinajstić information content (AvgIpc) is 3.27. The number of Topliss-reactive ketones (excluding diaryl/α,β-unsaturated/α-hetero) is 1. The summed E-state index contributed by atoms with van der Waals surface area (Å²) in [4.78, 5) is 23.5. The molecule has 1 aliphatic carbocycles. The summed E-state index contributed by atoms with van der Waals surface area (Å²) in [5.74, 6) is -0.274. The van der Waals surface area contributed by atoms with E-state index in [0.29, 0.717) is 51.3 Å². The van der Waals surface area contributed by atoms with Crippen LogP contribution in [-0.2, 0) is 23.8 Å². The minimum absolute atomic E-state index is 0.210. The van der Waals surface area contributed by atoms with E-state index in [0.717, 1.165) is 25.7 Å². The lowest BCUT2D eigenvalue weighted by Gasteiger charge is -2.40. The number of esters is 1. The van der Waals surface area contributed by atoms with Crippen LogP contribution in [0.3, 0.4) is 0 Å². The van der Waals surface area contributed by atoms with Gasteiger partial charge in [-0.05, 0) is 32.6 Å². The molecule has 2 fully saturated rings. The van der Waals surface area contributed by atoms with Crippen LogP contribution >= 0.6 is 0 Å². The molecule has 190 valence electrons. The van der Waals surface area contributed by atoms with Crippen LogP contribution in [0.2, 0.25) is 0 Å². The van der Waals surface area contributed by atoms with Crippen molar-refractivity contribution >= 4 is 11.8 Å². The molecule has 0 atom stereocenters. The second-order valence-corrected chi connectivity index (χ2v) is 9.46. The number of hydrogen-bond donors (Lipinski definition) is 0. The fourth-order valence-corrected chi connectivity index (χ4v) is 4.58. The van der Waals surface area contributed by atoms with Crippen molar-refractivity contribution in [3.05, 3.63) is 0 Å². The highest BCUT2D eigenvalue weighted by atomic mass is 16.7. The Kier molecular flexibility index (Phi) is 15.3. The first-order valence-corrected chi connectivity index (χ1v) is 13.3. The Morgan fingerprint density at radius 3 is 1.88 bits per heavy atom. The summed E-state index contributed by atoms with van der Waals surface area (Å²) in [5.41, 5.74) is -0.661. The van der Waals surface area contributed by atoms with Crippen LogP contribution in [0.25, 0.3) is 0 Å². The minimum Gasteiger partial charge on any atom is -0.466 e. The number of ketones is 1. The van der Waals surface area contributed by atoms with Crippen LogP contribution in [0.15, 0.2) is 0 Å². The molecule has 1 spiro atoms. The lowest BCUT2D eigenvalue weighted by molar-refractivity contribution is -0.198. The van der Waals surface area contributed by atoms with Gasteiger partial charge in [-0.2, -0.15) is 5.26 Å². The van der Waals surface area contributed by atoms with Crippen molar-refractivity contribution in [3.8, 4) is 6.07 Å². The molecule has 0 amide bonds. The largest absolute Gasteiger partial charge is 0.466 e. The molecule has 1 saturated carbocycles. The smallest absolute Gasteiger partial charge is 0.313 e. The van der Waals surface area contributed by atoms with Crippen LogP contribution in [0.1, 0.15) is 124 Å². The van der Waals surface area contributed by atoms with E-state index in [1.54, 1.807) is 6.92 Å². The average molecular weight is 466 g/mol. The zero-order chi connectivity index (χ0) is 24.4. The molecule has 0 bridgehead atoms. The third kappa shape index (κ3) is 11.0. The van der Waals surface area contributed by atoms with Gasteiger partial charge in [0.2, 0.25) is 0 Å². The summed E-state index contributed by atoms with van der Waals surface area (Å²) >= 11 is 0. The first kappa shape index (κ1) is 29.6. The highest BCUT2D eigenvalue weighted by Crippen LogP contribution is 2.47. The molecule has 6 nitrogen and oxygen atoms in total. The van der Waals surface area contributed by atoms with E-state index in [2.05, 4.69) is 19.9 Å². The van der Waals surface area contributed by atoms with Crippen LogP contribution in [0, 0.1) is 16.7 Å². The highest BCUT2D eigenvalue weighted by molar-refractivity contribution is 5.78. The van der Waals surface area contributed by atoms with Crippen molar-refractivity contribution in [2.45, 2.75) is 129 Å². The zero-order valence-corrected chi connectivity index (χ0v) is 21.4. The van der Waals surface area contributed by atoms with E-state index in [1.165, 1.54) is 44.9 Å². The Balaban J connectivity index is 0.000000337. The number of carbonyl (C=O) groups is 2. The molecule has 2 aliphatic rings. The molecule has 0 unspecified atom stereocenters. The van der Waals surface area contributed by atoms with E-state index >= 15 is 0 Å². The standard InChI is InChI=1S/C14H28O.C13H19NO4/c1-3-5-7-8-9-11-13-14(15)12-10-6-4-2;1-2-16-11(15)12(7-8-14)3-5-13(6-4-12)17-9-10-18-13/h3-13H2,1-2H3;2-7,9-10H2,1H3. The number of ether oxygens (including phenoxy) is 3. The Bertz CT molecular complexity index is 582. The number of hydrogen-bond acceptors (Lipinski definition) is 6. The summed E-state index contributed by atoms with van der Waals surface area (Å²) in [5, 5.41) is 8.94. The van der Waals surface area contributed by atoms with Gasteiger partial charge in [0, 0.05) is 25.7 Å². The van der Waals surface area contributed by atoms with Crippen molar-refractivity contribution in [3.63, 3.8) is 0 Å². The maximum absolute atomic E-state index is 12.1. The molecule has 0 aromatic carbocycles. The lowest BCUT2D eigenvalue weighted by atomic mass is 9.70. The van der Waals surface area contributed by atoms with E-state index in [-0.39, 0.29) is 12.4 Å². The summed E-state index contributed by atoms with van der Waals surface area (Å²) in [6, 6.07) is 2.11. The van der Waals surface area contributed by atoms with Gasteiger partial charge in [-0.25, -0.2) is 0 Å². The van der Waals surface area contributed by atoms with Crippen molar-refractivity contribution in [2.24, 2.45) is 5.41 Å². The minimum atomic E-state index is -0.661. The molecular weight excluding hydrogens is 418 g/mol. The van der Waals surface area contributed by atoms with Gasteiger partial charge >= 0.3 is 5.97 Å². The van der Waals surface area contributed by atoms with Gasteiger partial charge in [0.15, 0.2) is 5.79 Å². The second kappa shape index (κ2) is 17.1. The Labute approximate surface area is 201 Å². The third-order valence-electron chi connectivity index (χ3n) is 6.78. The molecule has 33 heavy (non-hydrogen) atoms.